The van der Waals surface area contributed by atoms with E-state index < -0.39 is 6.10 Å². The minimum Gasteiger partial charge on any atom is -0.478 e. The first-order valence-electron chi connectivity index (χ1n) is 7.65. The molecule has 2 amide bonds. The molecule has 2 heterocycles. The second-order valence-corrected chi connectivity index (χ2v) is 5.84. The third-order valence-electron chi connectivity index (χ3n) is 3.73. The lowest BCUT2D eigenvalue weighted by Gasteiger charge is -2.33. The Labute approximate surface area is 144 Å². The van der Waals surface area contributed by atoms with Crippen molar-refractivity contribution in [3.05, 3.63) is 47.4 Å². The molecule has 0 aliphatic carbocycles. The van der Waals surface area contributed by atoms with Crippen molar-refractivity contribution < 1.29 is 18.7 Å². The molecule has 0 radical (unpaired) electrons. The summed E-state index contributed by atoms with van der Waals surface area (Å²) in [4.78, 5) is 26.2. The Hall–Kier alpha value is -2.47. The van der Waals surface area contributed by atoms with Crippen molar-refractivity contribution in [1.29, 1.82) is 0 Å². The predicted octanol–water partition coefficient (Wildman–Crippen LogP) is 2.75. The van der Waals surface area contributed by atoms with Gasteiger partial charge in [-0.25, -0.2) is 0 Å². The lowest BCUT2D eigenvalue weighted by Crippen LogP contribution is -2.49. The molecule has 6 nitrogen and oxygen atoms in total. The van der Waals surface area contributed by atoms with Gasteiger partial charge in [-0.3, -0.25) is 14.5 Å². The molecule has 0 bridgehead atoms. The van der Waals surface area contributed by atoms with E-state index in [9.17, 15) is 9.59 Å². The van der Waals surface area contributed by atoms with Crippen molar-refractivity contribution in [3.63, 3.8) is 0 Å². The largest absolute Gasteiger partial charge is 0.478 e. The van der Waals surface area contributed by atoms with E-state index in [1.807, 2.05) is 6.92 Å². The number of nitrogens with one attached hydrogen (secondary N) is 1. The van der Waals surface area contributed by atoms with Gasteiger partial charge in [-0.2, -0.15) is 0 Å². The van der Waals surface area contributed by atoms with Crippen LogP contribution in [0.15, 0.2) is 41.0 Å². The van der Waals surface area contributed by atoms with Gasteiger partial charge < -0.3 is 14.5 Å². The maximum atomic E-state index is 12.6. The van der Waals surface area contributed by atoms with Gasteiger partial charge in [-0.05, 0) is 36.8 Å². The fourth-order valence-corrected chi connectivity index (χ4v) is 2.68. The SMILES string of the molecule is CCC1Oc2ccc(Cl)cc2N(CC(=O)NCc2ccco2)C1=O. The van der Waals surface area contributed by atoms with E-state index in [0.29, 0.717) is 28.6 Å². The number of anilines is 1. The van der Waals surface area contributed by atoms with Crippen molar-refractivity contribution in [2.45, 2.75) is 26.0 Å². The van der Waals surface area contributed by atoms with E-state index >= 15 is 0 Å². The van der Waals surface area contributed by atoms with Gasteiger partial charge in [0.1, 0.15) is 18.1 Å². The van der Waals surface area contributed by atoms with Crippen molar-refractivity contribution in [2.24, 2.45) is 0 Å². The number of hydrogen-bond acceptors (Lipinski definition) is 4. The average Bonchev–Trinajstić information content (AvgIpc) is 3.09. The van der Waals surface area contributed by atoms with E-state index in [1.54, 1.807) is 30.3 Å². The number of rotatable bonds is 5. The molecular weight excluding hydrogens is 332 g/mol. The molecule has 1 aliphatic heterocycles. The van der Waals surface area contributed by atoms with E-state index in [0.717, 1.165) is 0 Å². The normalized spacial score (nSPS) is 16.5. The van der Waals surface area contributed by atoms with Crippen LogP contribution < -0.4 is 15.0 Å². The van der Waals surface area contributed by atoms with Crippen molar-refractivity contribution in [3.8, 4) is 5.75 Å². The minimum atomic E-state index is -0.600. The van der Waals surface area contributed by atoms with Crippen LogP contribution in [0.2, 0.25) is 5.02 Å². The van der Waals surface area contributed by atoms with Crippen LogP contribution in [0, 0.1) is 0 Å². The van der Waals surface area contributed by atoms with Crippen molar-refractivity contribution in [2.75, 3.05) is 11.4 Å². The van der Waals surface area contributed by atoms with Crippen LogP contribution in [0.4, 0.5) is 5.69 Å². The monoisotopic (exact) mass is 348 g/mol. The molecule has 7 heteroatoms. The predicted molar refractivity (Wildman–Crippen MR) is 89.1 cm³/mol. The first kappa shape index (κ1) is 16.4. The average molecular weight is 349 g/mol. The molecule has 0 fully saturated rings. The molecule has 1 unspecified atom stereocenters. The molecule has 0 saturated carbocycles. The second-order valence-electron chi connectivity index (χ2n) is 5.41. The maximum absolute atomic E-state index is 12.6. The lowest BCUT2D eigenvalue weighted by molar-refractivity contribution is -0.129. The number of carbonyl (C=O) groups is 2. The molecule has 1 aromatic carbocycles. The third kappa shape index (κ3) is 3.38. The summed E-state index contributed by atoms with van der Waals surface area (Å²) in [7, 11) is 0. The number of halogens is 1. The molecule has 0 spiro atoms. The quantitative estimate of drug-likeness (QED) is 0.901. The summed E-state index contributed by atoms with van der Waals surface area (Å²) in [6.07, 6.45) is 1.46. The Kier molecular flexibility index (Phi) is 4.76. The van der Waals surface area contributed by atoms with Gasteiger partial charge in [-0.15, -0.1) is 0 Å². The van der Waals surface area contributed by atoms with Crippen LogP contribution >= 0.6 is 11.6 Å². The minimum absolute atomic E-state index is 0.104. The first-order chi connectivity index (χ1) is 11.6. The van der Waals surface area contributed by atoms with E-state index in [1.165, 1.54) is 11.2 Å². The summed E-state index contributed by atoms with van der Waals surface area (Å²) in [6, 6.07) is 8.54. The van der Waals surface area contributed by atoms with Gasteiger partial charge in [0.25, 0.3) is 5.91 Å². The van der Waals surface area contributed by atoms with Crippen LogP contribution in [-0.4, -0.2) is 24.5 Å². The summed E-state index contributed by atoms with van der Waals surface area (Å²) in [6.45, 7) is 2.02. The van der Waals surface area contributed by atoms with Crippen molar-refractivity contribution >= 4 is 29.1 Å². The molecule has 24 heavy (non-hydrogen) atoms. The second kappa shape index (κ2) is 6.97. The van der Waals surface area contributed by atoms with Crippen LogP contribution in [0.3, 0.4) is 0 Å². The third-order valence-corrected chi connectivity index (χ3v) is 3.97. The Bertz CT molecular complexity index is 745. The molecule has 3 rings (SSSR count). The van der Waals surface area contributed by atoms with Crippen molar-refractivity contribution in [1.82, 2.24) is 5.32 Å². The van der Waals surface area contributed by atoms with E-state index in [-0.39, 0.29) is 24.9 Å². The van der Waals surface area contributed by atoms with Gasteiger partial charge in [-0.1, -0.05) is 18.5 Å². The van der Waals surface area contributed by atoms with E-state index in [2.05, 4.69) is 5.32 Å². The number of benzene rings is 1. The number of carbonyl (C=O) groups excluding carboxylic acids is 2. The number of hydrogen-bond donors (Lipinski definition) is 1. The zero-order valence-corrected chi connectivity index (χ0v) is 13.9. The summed E-state index contributed by atoms with van der Waals surface area (Å²) in [5.74, 6) is 0.652. The highest BCUT2D eigenvalue weighted by Crippen LogP contribution is 2.36. The van der Waals surface area contributed by atoms with Gasteiger partial charge >= 0.3 is 0 Å². The van der Waals surface area contributed by atoms with Crippen LogP contribution in [0.25, 0.3) is 0 Å². The molecular formula is C17H17ClN2O4. The van der Waals surface area contributed by atoms with E-state index in [4.69, 9.17) is 20.8 Å². The number of nitrogens with zero attached hydrogens (tertiary/aromatic N) is 1. The standard InChI is InChI=1S/C17H17ClN2O4/c1-2-14-17(22)20(13-8-11(18)5-6-15(13)24-14)10-16(21)19-9-12-4-3-7-23-12/h3-8,14H,2,9-10H2,1H3,(H,19,21). The Balaban J connectivity index is 1.76. The number of amides is 2. The molecule has 2 aromatic rings. The number of fused-ring (bicyclic) bond motifs is 1. The highest BCUT2D eigenvalue weighted by molar-refractivity contribution is 6.31. The molecule has 1 atom stereocenters. The summed E-state index contributed by atoms with van der Waals surface area (Å²) in [5.41, 5.74) is 0.505. The Morgan fingerprint density at radius 1 is 1.38 bits per heavy atom. The summed E-state index contributed by atoms with van der Waals surface area (Å²) >= 11 is 6.02. The molecule has 126 valence electrons. The number of ether oxygens (including phenoxy) is 1. The van der Waals surface area contributed by atoms with Gasteiger partial charge in [0, 0.05) is 5.02 Å². The van der Waals surface area contributed by atoms with Gasteiger partial charge in [0.2, 0.25) is 5.91 Å². The van der Waals surface area contributed by atoms with Crippen LogP contribution in [0.5, 0.6) is 5.75 Å². The zero-order valence-electron chi connectivity index (χ0n) is 13.1. The smallest absolute Gasteiger partial charge is 0.268 e. The fraction of sp³-hybridized carbons (Fsp3) is 0.294. The van der Waals surface area contributed by atoms with Gasteiger partial charge in [0.05, 0.1) is 18.5 Å². The number of furan rings is 1. The lowest BCUT2D eigenvalue weighted by atomic mass is 10.1. The molecule has 0 saturated heterocycles. The molecule has 1 aromatic heterocycles. The summed E-state index contributed by atoms with van der Waals surface area (Å²) in [5, 5.41) is 3.20. The van der Waals surface area contributed by atoms with Crippen LogP contribution in [0.1, 0.15) is 19.1 Å². The van der Waals surface area contributed by atoms with Crippen LogP contribution in [-0.2, 0) is 16.1 Å². The Morgan fingerprint density at radius 3 is 2.92 bits per heavy atom. The Morgan fingerprint density at radius 2 is 2.21 bits per heavy atom. The first-order valence-corrected chi connectivity index (χ1v) is 8.03. The topological polar surface area (TPSA) is 71.8 Å². The molecule has 1 aliphatic rings. The molecule has 1 N–H and O–H groups in total. The maximum Gasteiger partial charge on any atom is 0.268 e. The summed E-state index contributed by atoms with van der Waals surface area (Å²) < 4.78 is 10.9. The highest BCUT2D eigenvalue weighted by atomic mass is 35.5. The zero-order chi connectivity index (χ0) is 17.1. The van der Waals surface area contributed by atoms with Gasteiger partial charge in [0.15, 0.2) is 6.10 Å². The highest BCUT2D eigenvalue weighted by Gasteiger charge is 2.34. The fourth-order valence-electron chi connectivity index (χ4n) is 2.52.